The van der Waals surface area contributed by atoms with E-state index in [9.17, 15) is 4.79 Å². The molecule has 0 fully saturated rings. The zero-order valence-corrected chi connectivity index (χ0v) is 16.7. The maximum Gasteiger partial charge on any atom is 0.253 e. The van der Waals surface area contributed by atoms with Crippen LogP contribution < -0.4 is 5.32 Å². The lowest BCUT2D eigenvalue weighted by Crippen LogP contribution is -2.30. The fourth-order valence-corrected chi connectivity index (χ4v) is 3.40. The van der Waals surface area contributed by atoms with Gasteiger partial charge in [-0.15, -0.1) is 0 Å². The summed E-state index contributed by atoms with van der Waals surface area (Å²) < 4.78 is 1.87. The largest absolute Gasteiger partial charge is 0.339 e. The molecule has 6 heteroatoms. The van der Waals surface area contributed by atoms with Crippen LogP contribution in [0.25, 0.3) is 11.0 Å². The lowest BCUT2D eigenvalue weighted by Gasteiger charge is -2.19. The van der Waals surface area contributed by atoms with Crippen LogP contribution in [0.2, 0.25) is 0 Å². The SMILES string of the molecule is Cc1nc2c(cnn2C(C)C)cc1C(=O)NC(c1ccccc1)c1ccccn1. The molecule has 1 unspecified atom stereocenters. The summed E-state index contributed by atoms with van der Waals surface area (Å²) in [6.45, 7) is 5.97. The van der Waals surface area contributed by atoms with Crippen LogP contribution in [0.15, 0.2) is 67.0 Å². The first-order chi connectivity index (χ1) is 14.0. The number of rotatable bonds is 5. The van der Waals surface area contributed by atoms with Crippen molar-refractivity contribution < 1.29 is 4.79 Å². The molecule has 3 heterocycles. The lowest BCUT2D eigenvalue weighted by molar-refractivity contribution is 0.0941. The molecule has 0 aliphatic carbocycles. The Hall–Kier alpha value is -3.54. The van der Waals surface area contributed by atoms with Crippen molar-refractivity contribution in [3.8, 4) is 0 Å². The Labute approximate surface area is 169 Å². The van der Waals surface area contributed by atoms with Crippen LogP contribution >= 0.6 is 0 Å². The number of carbonyl (C=O) groups is 1. The van der Waals surface area contributed by atoms with Gasteiger partial charge in [-0.2, -0.15) is 5.10 Å². The van der Waals surface area contributed by atoms with E-state index >= 15 is 0 Å². The van der Waals surface area contributed by atoms with E-state index in [2.05, 4.69) is 34.2 Å². The van der Waals surface area contributed by atoms with Crippen LogP contribution in [-0.2, 0) is 0 Å². The van der Waals surface area contributed by atoms with E-state index in [0.717, 1.165) is 22.3 Å². The average Bonchev–Trinajstić information content (AvgIpc) is 3.15. The van der Waals surface area contributed by atoms with Crippen molar-refractivity contribution in [2.24, 2.45) is 0 Å². The summed E-state index contributed by atoms with van der Waals surface area (Å²) in [4.78, 5) is 22.3. The molecule has 146 valence electrons. The number of aryl methyl sites for hydroxylation is 1. The molecular formula is C23H23N5O. The van der Waals surface area contributed by atoms with Crippen molar-refractivity contribution in [3.05, 3.63) is 89.5 Å². The molecule has 1 aromatic carbocycles. The summed E-state index contributed by atoms with van der Waals surface area (Å²) in [6.07, 6.45) is 3.49. The third-order valence-electron chi connectivity index (χ3n) is 4.89. The van der Waals surface area contributed by atoms with Crippen molar-refractivity contribution in [2.75, 3.05) is 0 Å². The second kappa shape index (κ2) is 7.83. The molecular weight excluding hydrogens is 362 g/mol. The van der Waals surface area contributed by atoms with Crippen LogP contribution in [0.5, 0.6) is 0 Å². The minimum atomic E-state index is -0.349. The quantitative estimate of drug-likeness (QED) is 0.558. The topological polar surface area (TPSA) is 72.7 Å². The fourth-order valence-electron chi connectivity index (χ4n) is 3.40. The third kappa shape index (κ3) is 3.74. The molecule has 0 aliphatic heterocycles. The van der Waals surface area contributed by atoms with Crippen LogP contribution in [-0.4, -0.2) is 25.7 Å². The third-order valence-corrected chi connectivity index (χ3v) is 4.89. The van der Waals surface area contributed by atoms with Gasteiger partial charge < -0.3 is 5.32 Å². The maximum atomic E-state index is 13.2. The zero-order valence-electron chi connectivity index (χ0n) is 16.7. The molecule has 0 spiro atoms. The lowest BCUT2D eigenvalue weighted by atomic mass is 10.0. The molecule has 1 N–H and O–H groups in total. The summed E-state index contributed by atoms with van der Waals surface area (Å²) in [6, 6.07) is 17.2. The number of amides is 1. The number of hydrogen-bond acceptors (Lipinski definition) is 4. The number of aromatic nitrogens is 4. The highest BCUT2D eigenvalue weighted by atomic mass is 16.1. The van der Waals surface area contributed by atoms with E-state index in [1.807, 2.05) is 66.2 Å². The molecule has 4 aromatic rings. The van der Waals surface area contributed by atoms with E-state index in [1.54, 1.807) is 12.4 Å². The van der Waals surface area contributed by atoms with Crippen molar-refractivity contribution in [1.82, 2.24) is 25.1 Å². The summed E-state index contributed by atoms with van der Waals surface area (Å²) >= 11 is 0. The second-order valence-electron chi connectivity index (χ2n) is 7.29. The van der Waals surface area contributed by atoms with Gasteiger partial charge in [0.05, 0.1) is 29.2 Å². The minimum absolute atomic E-state index is 0.186. The van der Waals surface area contributed by atoms with E-state index in [1.165, 1.54) is 0 Å². The normalized spacial score (nSPS) is 12.3. The first kappa shape index (κ1) is 18.8. The molecule has 1 amide bonds. The molecule has 6 nitrogen and oxygen atoms in total. The Morgan fingerprint density at radius 3 is 2.52 bits per heavy atom. The molecule has 29 heavy (non-hydrogen) atoms. The van der Waals surface area contributed by atoms with Gasteiger partial charge in [0.25, 0.3) is 5.91 Å². The number of nitrogens with zero attached hydrogens (tertiary/aromatic N) is 4. The molecule has 4 rings (SSSR count). The van der Waals surface area contributed by atoms with Gasteiger partial charge in [0.15, 0.2) is 5.65 Å². The summed E-state index contributed by atoms with van der Waals surface area (Å²) in [5.41, 5.74) is 3.76. The Morgan fingerprint density at radius 2 is 1.83 bits per heavy atom. The number of fused-ring (bicyclic) bond motifs is 1. The highest BCUT2D eigenvalue weighted by Crippen LogP contribution is 2.23. The first-order valence-electron chi connectivity index (χ1n) is 9.66. The smallest absolute Gasteiger partial charge is 0.253 e. The van der Waals surface area contributed by atoms with Gasteiger partial charge in [-0.3, -0.25) is 9.78 Å². The Morgan fingerprint density at radius 1 is 1.07 bits per heavy atom. The number of carbonyl (C=O) groups excluding carboxylic acids is 1. The van der Waals surface area contributed by atoms with Gasteiger partial charge in [-0.1, -0.05) is 36.4 Å². The van der Waals surface area contributed by atoms with Gasteiger partial charge in [-0.05, 0) is 44.5 Å². The standard InChI is InChI=1S/C23H23N5O/c1-15(2)28-22-18(14-25-28)13-19(16(3)26-22)23(29)27-21(17-9-5-4-6-10-17)20-11-7-8-12-24-20/h4-15,21H,1-3H3,(H,27,29). The predicted octanol–water partition coefficient (Wildman–Crippen LogP) is 4.24. The average molecular weight is 385 g/mol. The van der Waals surface area contributed by atoms with E-state index in [0.29, 0.717) is 11.3 Å². The molecule has 1 atom stereocenters. The monoisotopic (exact) mass is 385 g/mol. The molecule has 0 radical (unpaired) electrons. The minimum Gasteiger partial charge on any atom is -0.339 e. The molecule has 0 bridgehead atoms. The van der Waals surface area contributed by atoms with Crippen molar-refractivity contribution in [3.63, 3.8) is 0 Å². The van der Waals surface area contributed by atoms with Crippen molar-refractivity contribution in [1.29, 1.82) is 0 Å². The van der Waals surface area contributed by atoms with Gasteiger partial charge >= 0.3 is 0 Å². The Kier molecular flexibility index (Phi) is 5.08. The number of benzene rings is 1. The number of hydrogen-bond donors (Lipinski definition) is 1. The number of nitrogens with one attached hydrogen (secondary N) is 1. The Bertz CT molecular complexity index is 1100. The second-order valence-corrected chi connectivity index (χ2v) is 7.29. The molecule has 0 saturated heterocycles. The molecule has 3 aromatic heterocycles. The Balaban J connectivity index is 1.70. The summed E-state index contributed by atoms with van der Waals surface area (Å²) in [5, 5.41) is 8.39. The highest BCUT2D eigenvalue weighted by molar-refractivity contribution is 5.98. The van der Waals surface area contributed by atoms with Crippen molar-refractivity contribution in [2.45, 2.75) is 32.9 Å². The predicted molar refractivity (Wildman–Crippen MR) is 113 cm³/mol. The fraction of sp³-hybridized carbons (Fsp3) is 0.217. The van der Waals surface area contributed by atoms with Crippen LogP contribution in [0, 0.1) is 6.92 Å². The van der Waals surface area contributed by atoms with E-state index in [4.69, 9.17) is 0 Å². The number of pyridine rings is 2. The highest BCUT2D eigenvalue weighted by Gasteiger charge is 2.21. The maximum absolute atomic E-state index is 13.2. The molecule has 0 aliphatic rings. The summed E-state index contributed by atoms with van der Waals surface area (Å²) in [7, 11) is 0. The van der Waals surface area contributed by atoms with Gasteiger partial charge in [0.1, 0.15) is 0 Å². The van der Waals surface area contributed by atoms with E-state index in [-0.39, 0.29) is 18.0 Å². The van der Waals surface area contributed by atoms with Gasteiger partial charge in [0, 0.05) is 17.6 Å². The zero-order chi connectivity index (χ0) is 20.4. The summed E-state index contributed by atoms with van der Waals surface area (Å²) in [5.74, 6) is -0.186. The van der Waals surface area contributed by atoms with Crippen LogP contribution in [0.3, 0.4) is 0 Å². The first-order valence-corrected chi connectivity index (χ1v) is 9.66. The van der Waals surface area contributed by atoms with Crippen LogP contribution in [0.1, 0.15) is 53.2 Å². The van der Waals surface area contributed by atoms with Crippen LogP contribution in [0.4, 0.5) is 0 Å². The molecule has 0 saturated carbocycles. The van der Waals surface area contributed by atoms with Gasteiger partial charge in [-0.25, -0.2) is 9.67 Å². The van der Waals surface area contributed by atoms with Gasteiger partial charge in [0.2, 0.25) is 0 Å². The van der Waals surface area contributed by atoms with E-state index < -0.39 is 0 Å². The van der Waals surface area contributed by atoms with Crippen molar-refractivity contribution >= 4 is 16.9 Å².